The summed E-state index contributed by atoms with van der Waals surface area (Å²) in [4.78, 5) is 8.75. The van der Waals surface area contributed by atoms with Gasteiger partial charge in [0.2, 0.25) is 0 Å². The molecule has 0 atom stereocenters. The van der Waals surface area contributed by atoms with Crippen molar-refractivity contribution in [2.75, 3.05) is 0 Å². The molecule has 0 saturated carbocycles. The van der Waals surface area contributed by atoms with Crippen molar-refractivity contribution in [3.8, 4) is 0 Å². The Morgan fingerprint density at radius 2 is 0.678 bits per heavy atom. The molecule has 0 N–H and O–H groups in total. The standard InChI is InChI=1S/C30H12F26O2S/c31-13-11-16(32)18(17(33)12-13)59(14-7-3-1-4-8-14,15-9-5-2-6-10-15)58-19(57)20(34,35)21(36,37)22(38,39)23(40,41)24(42,43)25(44,45)26(46,47)27(48,49)28(50,51)29(52,53)30(54,55)56/h1-12H. The van der Waals surface area contributed by atoms with Gasteiger partial charge >= 0.3 is 71.4 Å². The van der Waals surface area contributed by atoms with Gasteiger partial charge in [0.05, 0.1) is 0 Å². The zero-order valence-electron chi connectivity index (χ0n) is 27.0. The van der Waals surface area contributed by atoms with Crippen molar-refractivity contribution in [3.05, 3.63) is 90.2 Å². The van der Waals surface area contributed by atoms with Gasteiger partial charge in [-0.25, -0.2) is 18.0 Å². The molecule has 59 heavy (non-hydrogen) atoms. The molecule has 0 unspecified atom stereocenters. The van der Waals surface area contributed by atoms with Gasteiger partial charge in [0, 0.05) is 21.9 Å². The summed E-state index contributed by atoms with van der Waals surface area (Å²) in [5.41, 5.74) is 0. The first kappa shape index (κ1) is 49.0. The van der Waals surface area contributed by atoms with E-state index in [0.717, 1.165) is 36.4 Å². The smallest absolute Gasteiger partial charge is 0.397 e. The molecule has 0 bridgehead atoms. The molecule has 0 fully saturated rings. The summed E-state index contributed by atoms with van der Waals surface area (Å²) in [6, 6.07) is 6.70. The van der Waals surface area contributed by atoms with Gasteiger partial charge < -0.3 is 4.18 Å². The molecule has 0 radical (unpaired) electrons. The van der Waals surface area contributed by atoms with Crippen molar-refractivity contribution in [1.82, 2.24) is 0 Å². The van der Waals surface area contributed by atoms with Crippen LogP contribution in [0.2, 0.25) is 0 Å². The molecule has 29 heteroatoms. The first-order chi connectivity index (χ1) is 26.2. The van der Waals surface area contributed by atoms with Gasteiger partial charge in [0.1, 0.15) is 22.3 Å². The number of hydrogen-bond acceptors (Lipinski definition) is 2. The van der Waals surface area contributed by atoms with Crippen LogP contribution in [-0.2, 0) is 8.98 Å². The third-order valence-corrected chi connectivity index (χ3v) is 11.0. The fourth-order valence-corrected chi connectivity index (χ4v) is 7.69. The average Bonchev–Trinajstić information content (AvgIpc) is 3.10. The highest BCUT2D eigenvalue weighted by molar-refractivity contribution is 8.30. The molecule has 2 nitrogen and oxygen atoms in total. The van der Waals surface area contributed by atoms with E-state index in [1.54, 1.807) is 0 Å². The number of hydrogen-bond donors (Lipinski definition) is 0. The maximum Gasteiger partial charge on any atom is 0.460 e. The predicted octanol–water partition coefficient (Wildman–Crippen LogP) is 12.8. The van der Waals surface area contributed by atoms with Crippen LogP contribution in [0.4, 0.5) is 114 Å². The second-order valence-corrected chi connectivity index (χ2v) is 14.1. The number of alkyl halides is 23. The van der Waals surface area contributed by atoms with Gasteiger partial charge in [-0.05, 0) is 34.6 Å². The van der Waals surface area contributed by atoms with Crippen molar-refractivity contribution < 1.29 is 123 Å². The molecule has 0 spiro atoms. The predicted molar refractivity (Wildman–Crippen MR) is 143 cm³/mol. The van der Waals surface area contributed by atoms with E-state index >= 15 is 17.6 Å². The van der Waals surface area contributed by atoms with E-state index in [2.05, 4.69) is 4.18 Å². The SMILES string of the molecule is O=C(OS(c1ccccc1)(c1ccccc1)c1c(F)cc(F)cc1F)C(F)(F)C(F)(F)C(F)(F)C(F)(F)C(F)(F)C(F)(F)C(F)(F)C(F)(F)C(F)(F)C(F)(F)C(F)(F)F. The van der Waals surface area contributed by atoms with E-state index in [-0.39, 0.29) is 12.1 Å². The fraction of sp³-hybridized carbons (Fsp3) is 0.367. The summed E-state index contributed by atoms with van der Waals surface area (Å²) >= 11 is 0. The van der Waals surface area contributed by atoms with Gasteiger partial charge in [-0.1, -0.05) is 36.4 Å². The van der Waals surface area contributed by atoms with Crippen LogP contribution in [0.5, 0.6) is 0 Å². The third kappa shape index (κ3) is 6.66. The molecule has 0 aliphatic carbocycles. The molecular formula is C30H12F26O2S. The van der Waals surface area contributed by atoms with Crippen LogP contribution in [0.25, 0.3) is 0 Å². The van der Waals surface area contributed by atoms with Crippen molar-refractivity contribution in [2.24, 2.45) is 0 Å². The number of rotatable bonds is 14. The molecule has 0 aliphatic heterocycles. The molecule has 0 aromatic heterocycles. The summed E-state index contributed by atoms with van der Waals surface area (Å²) in [6.45, 7) is 0. The van der Waals surface area contributed by atoms with Crippen LogP contribution in [0, 0.1) is 17.5 Å². The normalized spacial score (nSPS) is 15.3. The lowest BCUT2D eigenvalue weighted by molar-refractivity contribution is -0.477. The lowest BCUT2D eigenvalue weighted by Crippen LogP contribution is -2.78. The maximum atomic E-state index is 15.3. The van der Waals surface area contributed by atoms with Gasteiger partial charge in [0.15, 0.2) is 0 Å². The molecular weight excluding hydrogens is 918 g/mol. The highest BCUT2D eigenvalue weighted by Crippen LogP contribution is 2.72. The first-order valence-corrected chi connectivity index (χ1v) is 15.9. The summed E-state index contributed by atoms with van der Waals surface area (Å²) < 4.78 is 370. The Labute approximate surface area is 310 Å². The summed E-state index contributed by atoms with van der Waals surface area (Å²) in [6.07, 6.45) is -8.22. The summed E-state index contributed by atoms with van der Waals surface area (Å²) in [7, 11) is -5.33. The van der Waals surface area contributed by atoms with Gasteiger partial charge in [-0.3, -0.25) is 0 Å². The minimum atomic E-state index is -9.68. The van der Waals surface area contributed by atoms with Crippen LogP contribution < -0.4 is 0 Å². The summed E-state index contributed by atoms with van der Waals surface area (Å²) in [5.74, 6) is -103. The minimum absolute atomic E-state index is 0.303. The quantitative estimate of drug-likeness (QED) is 0.151. The molecule has 332 valence electrons. The van der Waals surface area contributed by atoms with Gasteiger partial charge in [-0.2, -0.15) is 101 Å². The highest BCUT2D eigenvalue weighted by atomic mass is 32.3. The Morgan fingerprint density at radius 1 is 0.407 bits per heavy atom. The van der Waals surface area contributed by atoms with Crippen LogP contribution in [0.15, 0.2) is 87.5 Å². The van der Waals surface area contributed by atoms with E-state index in [9.17, 15) is 101 Å². The van der Waals surface area contributed by atoms with E-state index in [1.807, 2.05) is 0 Å². The van der Waals surface area contributed by atoms with E-state index in [0.29, 0.717) is 24.3 Å². The third-order valence-electron chi connectivity index (χ3n) is 7.76. The fourth-order valence-electron chi connectivity index (χ4n) is 4.59. The van der Waals surface area contributed by atoms with Crippen LogP contribution in [0.3, 0.4) is 0 Å². The van der Waals surface area contributed by atoms with Gasteiger partial charge in [-0.15, -0.1) is 0 Å². The zero-order valence-corrected chi connectivity index (χ0v) is 27.8. The maximum absolute atomic E-state index is 15.3. The first-order valence-electron chi connectivity index (χ1n) is 14.3. The lowest BCUT2D eigenvalue weighted by Gasteiger charge is -2.45. The number of carbonyl (C=O) groups excluding carboxylic acids is 1. The monoisotopic (exact) mass is 930 g/mol. The zero-order chi connectivity index (χ0) is 46.2. The van der Waals surface area contributed by atoms with E-state index < -0.39 is 114 Å². The minimum Gasteiger partial charge on any atom is -0.397 e. The Bertz CT molecular complexity index is 1950. The van der Waals surface area contributed by atoms with Crippen LogP contribution in [0.1, 0.15) is 0 Å². The summed E-state index contributed by atoms with van der Waals surface area (Å²) in [5, 5.41) is 0. The number of halogens is 26. The number of carbonyl (C=O) groups is 1. The Hall–Kier alpha value is -4.34. The molecule has 0 aliphatic rings. The molecule has 3 aromatic rings. The topological polar surface area (TPSA) is 26.3 Å². The van der Waals surface area contributed by atoms with E-state index in [1.165, 1.54) is 0 Å². The molecule has 3 aromatic carbocycles. The second kappa shape index (κ2) is 14.4. The Kier molecular flexibility index (Phi) is 12.0. The molecule has 3 rings (SSSR count). The number of benzene rings is 3. The largest absolute Gasteiger partial charge is 0.460 e. The molecule has 0 heterocycles. The van der Waals surface area contributed by atoms with Gasteiger partial charge in [0.25, 0.3) is 0 Å². The Balaban J connectivity index is 2.29. The van der Waals surface area contributed by atoms with Crippen molar-refractivity contribution >= 4 is 16.3 Å². The lowest BCUT2D eigenvalue weighted by atomic mass is 9.85. The van der Waals surface area contributed by atoms with E-state index in [4.69, 9.17) is 0 Å². The Morgan fingerprint density at radius 3 is 0.966 bits per heavy atom. The second-order valence-electron chi connectivity index (χ2n) is 11.5. The highest BCUT2D eigenvalue weighted by Gasteiger charge is 2.99. The average molecular weight is 930 g/mol. The molecule has 0 saturated heterocycles. The van der Waals surface area contributed by atoms with Crippen molar-refractivity contribution in [2.45, 2.75) is 80.1 Å². The van der Waals surface area contributed by atoms with Crippen molar-refractivity contribution in [1.29, 1.82) is 0 Å². The van der Waals surface area contributed by atoms with Crippen molar-refractivity contribution in [3.63, 3.8) is 0 Å². The molecule has 0 amide bonds. The van der Waals surface area contributed by atoms with Crippen LogP contribution >= 0.6 is 10.3 Å². The van der Waals surface area contributed by atoms with Crippen LogP contribution in [-0.4, -0.2) is 71.4 Å².